The minimum atomic E-state index is 0.283. The summed E-state index contributed by atoms with van der Waals surface area (Å²) < 4.78 is 5.16. The van der Waals surface area contributed by atoms with Crippen LogP contribution >= 0.6 is 11.6 Å². The van der Waals surface area contributed by atoms with Crippen molar-refractivity contribution < 1.29 is 4.52 Å². The number of aromatic nitrogens is 2. The van der Waals surface area contributed by atoms with Crippen LogP contribution in [0.15, 0.2) is 47.2 Å². The molecule has 3 aromatic rings. The molecular formula is C15H12ClN3O. The van der Waals surface area contributed by atoms with E-state index in [1.807, 2.05) is 37.3 Å². The lowest BCUT2D eigenvalue weighted by Crippen LogP contribution is -1.90. The molecule has 0 amide bonds. The molecule has 0 radical (unpaired) electrons. The molecule has 20 heavy (non-hydrogen) atoms. The molecule has 2 heterocycles. The van der Waals surface area contributed by atoms with E-state index in [1.165, 1.54) is 0 Å². The number of rotatable bonds is 2. The third-order valence-corrected chi connectivity index (χ3v) is 3.38. The van der Waals surface area contributed by atoms with E-state index < -0.39 is 0 Å². The second kappa shape index (κ2) is 4.98. The maximum absolute atomic E-state index is 6.07. The summed E-state index contributed by atoms with van der Waals surface area (Å²) in [5.74, 6) is 0.283. The van der Waals surface area contributed by atoms with Gasteiger partial charge in [-0.05, 0) is 42.3 Å². The van der Waals surface area contributed by atoms with Crippen molar-refractivity contribution >= 4 is 17.5 Å². The molecule has 0 saturated carbocycles. The fourth-order valence-electron chi connectivity index (χ4n) is 2.13. The van der Waals surface area contributed by atoms with Gasteiger partial charge in [0.1, 0.15) is 5.69 Å². The van der Waals surface area contributed by atoms with Crippen molar-refractivity contribution in [3.8, 4) is 22.4 Å². The lowest BCUT2D eigenvalue weighted by atomic mass is 9.99. The average molecular weight is 286 g/mol. The summed E-state index contributed by atoms with van der Waals surface area (Å²) in [5, 5.41) is 4.73. The maximum atomic E-state index is 6.07. The number of pyridine rings is 1. The van der Waals surface area contributed by atoms with Crippen LogP contribution < -0.4 is 5.73 Å². The lowest BCUT2D eigenvalue weighted by molar-refractivity contribution is 0.439. The Hall–Kier alpha value is -2.33. The number of hydrogen-bond donors (Lipinski definition) is 1. The lowest BCUT2D eigenvalue weighted by Gasteiger charge is -2.06. The van der Waals surface area contributed by atoms with Crippen molar-refractivity contribution in [1.29, 1.82) is 0 Å². The van der Waals surface area contributed by atoms with Crippen molar-refractivity contribution in [3.63, 3.8) is 0 Å². The number of hydrogen-bond acceptors (Lipinski definition) is 4. The van der Waals surface area contributed by atoms with Gasteiger partial charge in [-0.25, -0.2) is 0 Å². The molecule has 0 atom stereocenters. The number of benzene rings is 1. The van der Waals surface area contributed by atoms with Crippen molar-refractivity contribution in [1.82, 2.24) is 10.1 Å². The highest BCUT2D eigenvalue weighted by Crippen LogP contribution is 2.37. The zero-order valence-electron chi connectivity index (χ0n) is 10.8. The number of nitrogen functional groups attached to an aromatic ring is 1. The predicted molar refractivity (Wildman–Crippen MR) is 79.3 cm³/mol. The highest BCUT2D eigenvalue weighted by atomic mass is 35.5. The SMILES string of the molecule is Cc1ccc(Cl)cc1-c1noc(N)c1-c1ccncc1. The summed E-state index contributed by atoms with van der Waals surface area (Å²) in [6.07, 6.45) is 3.41. The number of halogens is 1. The quantitative estimate of drug-likeness (QED) is 0.774. The van der Waals surface area contributed by atoms with Gasteiger partial charge in [-0.1, -0.05) is 22.8 Å². The number of aryl methyl sites for hydroxylation is 1. The van der Waals surface area contributed by atoms with Gasteiger partial charge < -0.3 is 10.3 Å². The summed E-state index contributed by atoms with van der Waals surface area (Å²) >= 11 is 6.07. The summed E-state index contributed by atoms with van der Waals surface area (Å²) in [6.45, 7) is 1.99. The van der Waals surface area contributed by atoms with Crippen molar-refractivity contribution in [2.24, 2.45) is 0 Å². The topological polar surface area (TPSA) is 64.9 Å². The van der Waals surface area contributed by atoms with Crippen LogP contribution in [-0.4, -0.2) is 10.1 Å². The second-order valence-corrected chi connectivity index (χ2v) is 4.90. The third-order valence-electron chi connectivity index (χ3n) is 3.14. The monoisotopic (exact) mass is 285 g/mol. The van der Waals surface area contributed by atoms with Crippen LogP contribution in [0.1, 0.15) is 5.56 Å². The van der Waals surface area contributed by atoms with Crippen LogP contribution in [0.2, 0.25) is 5.02 Å². The zero-order valence-corrected chi connectivity index (χ0v) is 11.6. The Labute approximate surface area is 121 Å². The van der Waals surface area contributed by atoms with E-state index in [2.05, 4.69) is 10.1 Å². The van der Waals surface area contributed by atoms with Crippen LogP contribution in [0.5, 0.6) is 0 Å². The number of nitrogens with zero attached hydrogens (tertiary/aromatic N) is 2. The Balaban J connectivity index is 2.24. The van der Waals surface area contributed by atoms with Gasteiger partial charge in [0.25, 0.3) is 0 Å². The fraction of sp³-hybridized carbons (Fsp3) is 0.0667. The van der Waals surface area contributed by atoms with E-state index >= 15 is 0 Å². The molecule has 0 unspecified atom stereocenters. The molecule has 4 nitrogen and oxygen atoms in total. The summed E-state index contributed by atoms with van der Waals surface area (Å²) in [5.41, 5.74) is 10.2. The molecule has 100 valence electrons. The Kier molecular flexibility index (Phi) is 3.16. The average Bonchev–Trinajstić information content (AvgIpc) is 2.84. The van der Waals surface area contributed by atoms with Crippen molar-refractivity contribution in [3.05, 3.63) is 53.3 Å². The molecule has 0 fully saturated rings. The predicted octanol–water partition coefficient (Wildman–Crippen LogP) is 3.95. The Morgan fingerprint density at radius 2 is 1.90 bits per heavy atom. The van der Waals surface area contributed by atoms with Crippen LogP contribution in [0.3, 0.4) is 0 Å². The number of nitrogens with two attached hydrogens (primary N) is 1. The molecule has 0 aliphatic rings. The van der Waals surface area contributed by atoms with E-state index in [9.17, 15) is 0 Å². The molecule has 2 aromatic heterocycles. The Morgan fingerprint density at radius 3 is 2.65 bits per heavy atom. The molecule has 0 aliphatic carbocycles. The molecule has 1 aromatic carbocycles. The maximum Gasteiger partial charge on any atom is 0.230 e. The first-order valence-electron chi connectivity index (χ1n) is 6.09. The van der Waals surface area contributed by atoms with Gasteiger partial charge in [0.05, 0.1) is 5.56 Å². The summed E-state index contributed by atoms with van der Waals surface area (Å²) in [4.78, 5) is 4.01. The van der Waals surface area contributed by atoms with Gasteiger partial charge in [-0.2, -0.15) is 0 Å². The first kappa shape index (κ1) is 12.7. The molecular weight excluding hydrogens is 274 g/mol. The van der Waals surface area contributed by atoms with Gasteiger partial charge in [0.2, 0.25) is 5.88 Å². The van der Waals surface area contributed by atoms with Crippen molar-refractivity contribution in [2.75, 3.05) is 5.73 Å². The minimum Gasteiger partial charge on any atom is -0.367 e. The van der Waals surface area contributed by atoms with Gasteiger partial charge in [0, 0.05) is 23.0 Å². The minimum absolute atomic E-state index is 0.283. The number of anilines is 1. The van der Waals surface area contributed by atoms with Crippen LogP contribution in [0.25, 0.3) is 22.4 Å². The molecule has 2 N–H and O–H groups in total. The van der Waals surface area contributed by atoms with Gasteiger partial charge in [-0.3, -0.25) is 4.98 Å². The zero-order chi connectivity index (χ0) is 14.1. The first-order valence-corrected chi connectivity index (χ1v) is 6.46. The van der Waals surface area contributed by atoms with Gasteiger partial charge in [0.15, 0.2) is 0 Å². The Bertz CT molecular complexity index is 753. The fourth-order valence-corrected chi connectivity index (χ4v) is 2.31. The molecule has 5 heteroatoms. The molecule has 3 rings (SSSR count). The molecule has 0 bridgehead atoms. The van der Waals surface area contributed by atoms with Crippen LogP contribution in [-0.2, 0) is 0 Å². The normalized spacial score (nSPS) is 10.7. The third kappa shape index (κ3) is 2.14. The first-order chi connectivity index (χ1) is 9.66. The second-order valence-electron chi connectivity index (χ2n) is 4.47. The van der Waals surface area contributed by atoms with E-state index in [0.717, 1.165) is 22.3 Å². The van der Waals surface area contributed by atoms with Crippen molar-refractivity contribution in [2.45, 2.75) is 6.92 Å². The standard InChI is InChI=1S/C15H12ClN3O/c1-9-2-3-11(16)8-12(9)14-13(15(17)20-19-14)10-4-6-18-7-5-10/h2-8H,17H2,1H3. The summed E-state index contributed by atoms with van der Waals surface area (Å²) in [6, 6.07) is 9.38. The molecule has 0 saturated heterocycles. The van der Waals surface area contributed by atoms with Gasteiger partial charge in [-0.15, -0.1) is 0 Å². The highest BCUT2D eigenvalue weighted by Gasteiger charge is 2.18. The summed E-state index contributed by atoms with van der Waals surface area (Å²) in [7, 11) is 0. The van der Waals surface area contributed by atoms with E-state index in [-0.39, 0.29) is 5.88 Å². The smallest absolute Gasteiger partial charge is 0.230 e. The Morgan fingerprint density at radius 1 is 1.15 bits per heavy atom. The van der Waals surface area contributed by atoms with E-state index in [0.29, 0.717) is 10.7 Å². The molecule has 0 aliphatic heterocycles. The van der Waals surface area contributed by atoms with E-state index in [4.69, 9.17) is 21.9 Å². The van der Waals surface area contributed by atoms with Crippen LogP contribution in [0.4, 0.5) is 5.88 Å². The van der Waals surface area contributed by atoms with Gasteiger partial charge >= 0.3 is 0 Å². The highest BCUT2D eigenvalue weighted by molar-refractivity contribution is 6.30. The van der Waals surface area contributed by atoms with E-state index in [1.54, 1.807) is 12.4 Å². The molecule has 0 spiro atoms. The largest absolute Gasteiger partial charge is 0.367 e. The van der Waals surface area contributed by atoms with Crippen LogP contribution in [0, 0.1) is 6.92 Å².